The van der Waals surface area contributed by atoms with Crippen LogP contribution >= 0.6 is 0 Å². The van der Waals surface area contributed by atoms with Gasteiger partial charge in [0.15, 0.2) is 0 Å². The van der Waals surface area contributed by atoms with E-state index in [2.05, 4.69) is 28.9 Å². The minimum absolute atomic E-state index is 0.171. The van der Waals surface area contributed by atoms with Crippen LogP contribution in [0.1, 0.15) is 49.4 Å². The van der Waals surface area contributed by atoms with Gasteiger partial charge in [0.1, 0.15) is 11.6 Å². The Morgan fingerprint density at radius 2 is 2.04 bits per heavy atom. The number of aromatic amines is 1. The van der Waals surface area contributed by atoms with Crippen molar-refractivity contribution in [3.8, 4) is 0 Å². The Morgan fingerprint density at radius 3 is 2.75 bits per heavy atom. The largest absolute Gasteiger partial charge is 0.298 e. The highest BCUT2D eigenvalue weighted by atomic mass is 19.1. The van der Waals surface area contributed by atoms with Gasteiger partial charge in [0.25, 0.3) is 0 Å². The first-order valence-electron chi connectivity index (χ1n) is 8.72. The molecule has 1 fully saturated rings. The lowest BCUT2D eigenvalue weighted by atomic mass is 9.90. The van der Waals surface area contributed by atoms with Gasteiger partial charge in [0.05, 0.1) is 6.20 Å². The zero-order valence-electron chi connectivity index (χ0n) is 14.4. The summed E-state index contributed by atoms with van der Waals surface area (Å²) in [5.74, 6) is 0.0108. The highest BCUT2D eigenvalue weighted by Crippen LogP contribution is 2.30. The molecule has 0 amide bonds. The average molecular weight is 333 g/mol. The summed E-state index contributed by atoms with van der Waals surface area (Å²) in [6.07, 6.45) is 5.04. The van der Waals surface area contributed by atoms with Crippen LogP contribution < -0.4 is 0 Å². The standard InChI is InChI=1S/C19H25F2N3/c1-13(2)9-15-10-22-23-19(15)14-5-4-8-24(11-14)12-16-17(20)6-3-7-18(16)21/h3,6-7,10,13-14H,4-5,8-9,11-12H2,1-2H3,(H,22,23). The van der Waals surface area contributed by atoms with E-state index in [9.17, 15) is 8.78 Å². The highest BCUT2D eigenvalue weighted by Gasteiger charge is 2.26. The first-order chi connectivity index (χ1) is 11.5. The van der Waals surface area contributed by atoms with E-state index >= 15 is 0 Å². The van der Waals surface area contributed by atoms with Gasteiger partial charge in [0, 0.05) is 30.3 Å². The lowest BCUT2D eigenvalue weighted by Gasteiger charge is -2.33. The molecule has 1 aromatic carbocycles. The molecule has 5 heteroatoms. The van der Waals surface area contributed by atoms with Crippen molar-refractivity contribution in [1.29, 1.82) is 0 Å². The SMILES string of the molecule is CC(C)Cc1cn[nH]c1C1CCCN(Cc2c(F)cccc2F)C1. The van der Waals surface area contributed by atoms with Crippen LogP contribution in [0.4, 0.5) is 8.78 Å². The van der Waals surface area contributed by atoms with Crippen molar-refractivity contribution in [3.05, 3.63) is 52.9 Å². The molecule has 1 aromatic heterocycles. The number of likely N-dealkylation sites (tertiary alicyclic amines) is 1. The van der Waals surface area contributed by atoms with E-state index in [0.29, 0.717) is 18.4 Å². The zero-order chi connectivity index (χ0) is 17.1. The van der Waals surface area contributed by atoms with Crippen LogP contribution in [0.25, 0.3) is 0 Å². The molecule has 0 saturated carbocycles. The summed E-state index contributed by atoms with van der Waals surface area (Å²) in [5, 5.41) is 7.39. The van der Waals surface area contributed by atoms with E-state index in [1.807, 2.05) is 6.20 Å². The van der Waals surface area contributed by atoms with E-state index in [0.717, 1.165) is 32.4 Å². The molecule has 24 heavy (non-hydrogen) atoms. The summed E-state index contributed by atoms with van der Waals surface area (Å²) in [6, 6.07) is 4.07. The quantitative estimate of drug-likeness (QED) is 0.886. The van der Waals surface area contributed by atoms with E-state index in [4.69, 9.17) is 0 Å². The predicted molar refractivity (Wildman–Crippen MR) is 90.7 cm³/mol. The number of rotatable bonds is 5. The number of nitrogens with zero attached hydrogens (tertiary/aromatic N) is 2. The molecule has 2 heterocycles. The van der Waals surface area contributed by atoms with E-state index in [-0.39, 0.29) is 5.56 Å². The van der Waals surface area contributed by atoms with Crippen LogP contribution in [-0.4, -0.2) is 28.2 Å². The molecular formula is C19H25F2N3. The van der Waals surface area contributed by atoms with E-state index < -0.39 is 11.6 Å². The minimum Gasteiger partial charge on any atom is -0.298 e. The molecule has 2 aromatic rings. The Morgan fingerprint density at radius 1 is 1.29 bits per heavy atom. The number of piperidine rings is 1. The number of nitrogens with one attached hydrogen (secondary N) is 1. The maximum absolute atomic E-state index is 13.9. The van der Waals surface area contributed by atoms with Crippen molar-refractivity contribution < 1.29 is 8.78 Å². The second-order valence-electron chi connectivity index (χ2n) is 7.18. The summed E-state index contributed by atoms with van der Waals surface area (Å²) in [6.45, 7) is 6.40. The van der Waals surface area contributed by atoms with Gasteiger partial charge in [0.2, 0.25) is 0 Å². The molecular weight excluding hydrogens is 308 g/mol. The molecule has 3 nitrogen and oxygen atoms in total. The van der Waals surface area contributed by atoms with Gasteiger partial charge in [-0.3, -0.25) is 10.00 Å². The van der Waals surface area contributed by atoms with Crippen molar-refractivity contribution in [2.24, 2.45) is 5.92 Å². The predicted octanol–water partition coefficient (Wildman–Crippen LogP) is 4.27. The van der Waals surface area contributed by atoms with Crippen LogP contribution in [0.3, 0.4) is 0 Å². The maximum Gasteiger partial charge on any atom is 0.130 e. The van der Waals surface area contributed by atoms with Crippen molar-refractivity contribution >= 4 is 0 Å². The van der Waals surface area contributed by atoms with Gasteiger partial charge in [-0.1, -0.05) is 19.9 Å². The molecule has 1 unspecified atom stereocenters. The zero-order valence-corrected chi connectivity index (χ0v) is 14.4. The van der Waals surface area contributed by atoms with Gasteiger partial charge in [-0.2, -0.15) is 5.10 Å². The third kappa shape index (κ3) is 3.83. The Balaban J connectivity index is 1.72. The van der Waals surface area contributed by atoms with Crippen LogP contribution in [0.5, 0.6) is 0 Å². The monoisotopic (exact) mass is 333 g/mol. The van der Waals surface area contributed by atoms with Crippen LogP contribution in [-0.2, 0) is 13.0 Å². The fraction of sp³-hybridized carbons (Fsp3) is 0.526. The number of hydrogen-bond acceptors (Lipinski definition) is 2. The first kappa shape index (κ1) is 17.1. The molecule has 1 atom stereocenters. The summed E-state index contributed by atoms with van der Waals surface area (Å²) >= 11 is 0. The molecule has 0 radical (unpaired) electrons. The molecule has 1 aliphatic heterocycles. The molecule has 1 N–H and O–H groups in total. The van der Waals surface area contributed by atoms with Gasteiger partial charge >= 0.3 is 0 Å². The summed E-state index contributed by atoms with van der Waals surface area (Å²) in [5.41, 5.74) is 2.64. The Labute approximate surface area is 142 Å². The van der Waals surface area contributed by atoms with Crippen molar-refractivity contribution in [2.45, 2.75) is 45.6 Å². The molecule has 1 aliphatic rings. The first-order valence-corrected chi connectivity index (χ1v) is 8.72. The van der Waals surface area contributed by atoms with Gasteiger partial charge < -0.3 is 0 Å². The van der Waals surface area contributed by atoms with E-state index in [1.54, 1.807) is 0 Å². The van der Waals surface area contributed by atoms with Crippen LogP contribution in [0.15, 0.2) is 24.4 Å². The second kappa shape index (κ2) is 7.43. The summed E-state index contributed by atoms with van der Waals surface area (Å²) < 4.78 is 27.8. The van der Waals surface area contributed by atoms with Crippen LogP contribution in [0, 0.1) is 17.6 Å². The lowest BCUT2D eigenvalue weighted by molar-refractivity contribution is 0.193. The molecule has 130 valence electrons. The Bertz CT molecular complexity index is 661. The van der Waals surface area contributed by atoms with Gasteiger partial charge in [-0.15, -0.1) is 0 Å². The highest BCUT2D eigenvalue weighted by molar-refractivity contribution is 5.23. The number of hydrogen-bond donors (Lipinski definition) is 1. The topological polar surface area (TPSA) is 31.9 Å². The van der Waals surface area contributed by atoms with E-state index in [1.165, 1.54) is 29.5 Å². The van der Waals surface area contributed by atoms with Gasteiger partial charge in [-0.05, 0) is 49.4 Å². The van der Waals surface area contributed by atoms with Crippen LogP contribution in [0.2, 0.25) is 0 Å². The third-order valence-electron chi connectivity index (χ3n) is 4.74. The molecule has 3 rings (SSSR count). The number of halogens is 2. The Kier molecular flexibility index (Phi) is 5.29. The van der Waals surface area contributed by atoms with Crippen molar-refractivity contribution in [1.82, 2.24) is 15.1 Å². The summed E-state index contributed by atoms with van der Waals surface area (Å²) in [7, 11) is 0. The molecule has 0 bridgehead atoms. The number of aromatic nitrogens is 2. The average Bonchev–Trinajstić information content (AvgIpc) is 2.99. The summed E-state index contributed by atoms with van der Waals surface area (Å²) in [4.78, 5) is 2.15. The Hall–Kier alpha value is -1.75. The minimum atomic E-state index is -0.459. The van der Waals surface area contributed by atoms with Crippen molar-refractivity contribution in [3.63, 3.8) is 0 Å². The van der Waals surface area contributed by atoms with Gasteiger partial charge in [-0.25, -0.2) is 8.78 Å². The maximum atomic E-state index is 13.9. The smallest absolute Gasteiger partial charge is 0.130 e. The molecule has 0 aliphatic carbocycles. The fourth-order valence-corrected chi connectivity index (χ4v) is 3.62. The number of benzene rings is 1. The molecule has 1 saturated heterocycles. The fourth-order valence-electron chi connectivity index (χ4n) is 3.62. The lowest BCUT2D eigenvalue weighted by Crippen LogP contribution is -2.35. The second-order valence-corrected chi connectivity index (χ2v) is 7.18. The van der Waals surface area contributed by atoms with Crippen molar-refractivity contribution in [2.75, 3.05) is 13.1 Å². The normalized spacial score (nSPS) is 19.1. The molecule has 0 spiro atoms. The third-order valence-corrected chi connectivity index (χ3v) is 4.74. The number of H-pyrrole nitrogens is 1.